The highest BCUT2D eigenvalue weighted by molar-refractivity contribution is 6.09. The molecule has 0 unspecified atom stereocenters. The van der Waals surface area contributed by atoms with E-state index in [1.807, 2.05) is 13.8 Å². The standard InChI is InChI=1S/C23H26FN5O4/c1-13(2)33-18-9-15-14(11-28(22(15)31)12-19(24)23(3,4)32)8-17(18)27-21(30)16-10-26-29-7-5-6-25-20(16)29/h5-10,13,19,32H,11-12H2,1-4H3,(H,27,30)/t19-/m1/s1. The average molecular weight is 455 g/mol. The average Bonchev–Trinajstić information content (AvgIpc) is 3.29. The van der Waals surface area contributed by atoms with Crippen LogP contribution in [0.3, 0.4) is 0 Å². The molecular formula is C23H26FN5O4. The van der Waals surface area contributed by atoms with Crippen molar-refractivity contribution < 1.29 is 23.8 Å². The molecule has 0 fully saturated rings. The third-order valence-corrected chi connectivity index (χ3v) is 5.37. The number of carbonyl (C=O) groups is 2. The molecule has 0 saturated carbocycles. The first-order chi connectivity index (χ1) is 15.5. The van der Waals surface area contributed by atoms with Crippen molar-refractivity contribution in [3.63, 3.8) is 0 Å². The smallest absolute Gasteiger partial charge is 0.261 e. The zero-order valence-corrected chi connectivity index (χ0v) is 18.9. The van der Waals surface area contributed by atoms with E-state index in [1.165, 1.54) is 29.5 Å². The maximum atomic E-state index is 14.4. The molecule has 10 heteroatoms. The summed E-state index contributed by atoms with van der Waals surface area (Å²) in [6.07, 6.45) is 2.87. The second-order valence-corrected chi connectivity index (χ2v) is 8.88. The summed E-state index contributed by atoms with van der Waals surface area (Å²) in [5.74, 6) is -0.449. The SMILES string of the molecule is CC(C)Oc1cc2c(cc1NC(=O)c1cnn3cccnc13)CN(C[C@@H](F)C(C)(C)O)C2=O. The second-order valence-electron chi connectivity index (χ2n) is 8.88. The van der Waals surface area contributed by atoms with Crippen LogP contribution in [0.1, 0.15) is 54.0 Å². The predicted molar refractivity (Wildman–Crippen MR) is 119 cm³/mol. The van der Waals surface area contributed by atoms with Crippen LogP contribution in [0.2, 0.25) is 0 Å². The number of carbonyl (C=O) groups excluding carboxylic acids is 2. The van der Waals surface area contributed by atoms with Crippen LogP contribution < -0.4 is 10.1 Å². The van der Waals surface area contributed by atoms with E-state index in [4.69, 9.17) is 4.74 Å². The van der Waals surface area contributed by atoms with E-state index in [2.05, 4.69) is 15.4 Å². The molecule has 2 amide bonds. The van der Waals surface area contributed by atoms with Crippen molar-refractivity contribution in [1.29, 1.82) is 0 Å². The third-order valence-electron chi connectivity index (χ3n) is 5.37. The van der Waals surface area contributed by atoms with Gasteiger partial charge in [-0.25, -0.2) is 13.9 Å². The van der Waals surface area contributed by atoms with E-state index in [-0.39, 0.29) is 30.7 Å². The van der Waals surface area contributed by atoms with Crippen molar-refractivity contribution in [1.82, 2.24) is 19.5 Å². The van der Waals surface area contributed by atoms with Gasteiger partial charge in [-0.3, -0.25) is 9.59 Å². The van der Waals surface area contributed by atoms with Crippen molar-refractivity contribution in [2.75, 3.05) is 11.9 Å². The number of hydrogen-bond acceptors (Lipinski definition) is 6. The number of ether oxygens (including phenoxy) is 1. The zero-order chi connectivity index (χ0) is 23.9. The number of fused-ring (bicyclic) bond motifs is 2. The molecule has 9 nitrogen and oxygen atoms in total. The number of alkyl halides is 1. The van der Waals surface area contributed by atoms with Crippen molar-refractivity contribution in [2.45, 2.75) is 52.1 Å². The highest BCUT2D eigenvalue weighted by Gasteiger charge is 2.35. The number of nitrogens with zero attached hydrogens (tertiary/aromatic N) is 4. The van der Waals surface area contributed by atoms with Gasteiger partial charge in [0.1, 0.15) is 17.5 Å². The molecule has 0 radical (unpaired) electrons. The molecule has 0 aliphatic carbocycles. The third kappa shape index (κ3) is 4.51. The summed E-state index contributed by atoms with van der Waals surface area (Å²) in [6, 6.07) is 4.94. The number of halogens is 1. The molecule has 174 valence electrons. The Morgan fingerprint density at radius 2 is 2.12 bits per heavy atom. The number of nitrogens with one attached hydrogen (secondary N) is 1. The molecule has 4 rings (SSSR count). The summed E-state index contributed by atoms with van der Waals surface area (Å²) in [7, 11) is 0. The van der Waals surface area contributed by atoms with Gasteiger partial charge in [-0.1, -0.05) is 0 Å². The van der Waals surface area contributed by atoms with Crippen LogP contribution in [0.25, 0.3) is 5.65 Å². The van der Waals surface area contributed by atoms with E-state index >= 15 is 0 Å². The van der Waals surface area contributed by atoms with Crippen LogP contribution in [0.5, 0.6) is 5.75 Å². The first-order valence-corrected chi connectivity index (χ1v) is 10.6. The summed E-state index contributed by atoms with van der Waals surface area (Å²) in [5.41, 5.74) is 0.523. The molecule has 3 heterocycles. The molecule has 2 N–H and O–H groups in total. The van der Waals surface area contributed by atoms with Crippen LogP contribution in [0, 0.1) is 0 Å². The second kappa shape index (κ2) is 8.43. The number of benzene rings is 1. The quantitative estimate of drug-likeness (QED) is 0.567. The Morgan fingerprint density at radius 1 is 1.36 bits per heavy atom. The fourth-order valence-electron chi connectivity index (χ4n) is 3.59. The van der Waals surface area contributed by atoms with Gasteiger partial charge in [-0.2, -0.15) is 5.10 Å². The molecular weight excluding hydrogens is 429 g/mol. The predicted octanol–water partition coefficient (Wildman–Crippen LogP) is 2.83. The van der Waals surface area contributed by atoms with Gasteiger partial charge in [0.25, 0.3) is 11.8 Å². The Labute approximate surface area is 190 Å². The lowest BCUT2D eigenvalue weighted by Gasteiger charge is -2.26. The van der Waals surface area contributed by atoms with Gasteiger partial charge in [0.15, 0.2) is 5.65 Å². The molecule has 33 heavy (non-hydrogen) atoms. The Kier molecular flexibility index (Phi) is 5.79. The van der Waals surface area contributed by atoms with Gasteiger partial charge in [-0.05, 0) is 51.5 Å². The monoisotopic (exact) mass is 455 g/mol. The van der Waals surface area contributed by atoms with Gasteiger partial charge in [0.05, 0.1) is 30.1 Å². The van der Waals surface area contributed by atoms with Gasteiger partial charge >= 0.3 is 0 Å². The summed E-state index contributed by atoms with van der Waals surface area (Å²) in [6.45, 7) is 6.31. The molecule has 3 aromatic rings. The van der Waals surface area contributed by atoms with E-state index in [0.717, 1.165) is 0 Å². The Hall–Kier alpha value is -3.53. The normalized spacial score (nSPS) is 14.6. The summed E-state index contributed by atoms with van der Waals surface area (Å²) >= 11 is 0. The minimum atomic E-state index is -1.61. The number of hydrogen-bond donors (Lipinski definition) is 2. The van der Waals surface area contributed by atoms with Crippen LogP contribution in [0.4, 0.5) is 10.1 Å². The van der Waals surface area contributed by atoms with Crippen molar-refractivity contribution in [2.24, 2.45) is 0 Å². The topological polar surface area (TPSA) is 109 Å². The molecule has 0 bridgehead atoms. The zero-order valence-electron chi connectivity index (χ0n) is 18.9. The van der Waals surface area contributed by atoms with Gasteiger partial charge in [0.2, 0.25) is 0 Å². The Bertz CT molecular complexity index is 1220. The van der Waals surface area contributed by atoms with Crippen LogP contribution >= 0.6 is 0 Å². The maximum Gasteiger partial charge on any atom is 0.261 e. The summed E-state index contributed by atoms with van der Waals surface area (Å²) in [4.78, 5) is 31.4. The van der Waals surface area contributed by atoms with Gasteiger partial charge in [0, 0.05) is 24.5 Å². The number of aliphatic hydroxyl groups is 1. The van der Waals surface area contributed by atoms with Crippen LogP contribution in [0.15, 0.2) is 36.8 Å². The number of amides is 2. The van der Waals surface area contributed by atoms with Gasteiger partial charge in [-0.15, -0.1) is 0 Å². The number of anilines is 1. The van der Waals surface area contributed by atoms with Crippen molar-refractivity contribution in [3.05, 3.63) is 53.5 Å². The first kappa shape index (κ1) is 22.7. The van der Waals surface area contributed by atoms with E-state index in [0.29, 0.717) is 28.2 Å². The lowest BCUT2D eigenvalue weighted by molar-refractivity contribution is -0.0159. The molecule has 1 aliphatic rings. The lowest BCUT2D eigenvalue weighted by atomic mass is 10.0. The largest absolute Gasteiger partial charge is 0.489 e. The Balaban J connectivity index is 1.64. The molecule has 1 aromatic carbocycles. The minimum absolute atomic E-state index is 0.160. The van der Waals surface area contributed by atoms with E-state index < -0.39 is 17.7 Å². The minimum Gasteiger partial charge on any atom is -0.489 e. The number of aromatic nitrogens is 3. The van der Waals surface area contributed by atoms with Crippen LogP contribution in [-0.2, 0) is 6.54 Å². The molecule has 1 aliphatic heterocycles. The Morgan fingerprint density at radius 3 is 2.82 bits per heavy atom. The van der Waals surface area contributed by atoms with Gasteiger partial charge < -0.3 is 20.1 Å². The highest BCUT2D eigenvalue weighted by atomic mass is 19.1. The van der Waals surface area contributed by atoms with E-state index in [9.17, 15) is 19.1 Å². The fraction of sp³-hybridized carbons (Fsp3) is 0.391. The van der Waals surface area contributed by atoms with Crippen LogP contribution in [-0.4, -0.2) is 60.8 Å². The fourth-order valence-corrected chi connectivity index (χ4v) is 3.59. The molecule has 2 aromatic heterocycles. The van der Waals surface area contributed by atoms with Crippen molar-refractivity contribution in [3.8, 4) is 5.75 Å². The molecule has 0 spiro atoms. The summed E-state index contributed by atoms with van der Waals surface area (Å²) in [5, 5.41) is 16.9. The maximum absolute atomic E-state index is 14.4. The number of rotatable bonds is 7. The summed E-state index contributed by atoms with van der Waals surface area (Å²) < 4.78 is 21.8. The molecule has 0 saturated heterocycles. The lowest BCUT2D eigenvalue weighted by Crippen LogP contribution is -2.42. The highest BCUT2D eigenvalue weighted by Crippen LogP contribution is 2.35. The van der Waals surface area contributed by atoms with E-state index in [1.54, 1.807) is 30.6 Å². The molecule has 1 atom stereocenters. The van der Waals surface area contributed by atoms with Crippen molar-refractivity contribution >= 4 is 23.1 Å². The first-order valence-electron chi connectivity index (χ1n) is 10.6.